The summed E-state index contributed by atoms with van der Waals surface area (Å²) in [6.07, 6.45) is 2.07. The number of fused-ring (bicyclic) bond motifs is 1. The molecule has 2 nitrogen and oxygen atoms in total. The molecule has 3 unspecified atom stereocenters. The van der Waals surface area contributed by atoms with Crippen molar-refractivity contribution in [3.8, 4) is 0 Å². The van der Waals surface area contributed by atoms with E-state index < -0.39 is 0 Å². The van der Waals surface area contributed by atoms with Crippen molar-refractivity contribution in [1.82, 2.24) is 4.90 Å². The zero-order valence-corrected chi connectivity index (χ0v) is 16.7. The first-order valence-corrected chi connectivity index (χ1v) is 9.70. The van der Waals surface area contributed by atoms with E-state index >= 15 is 0 Å². The number of rotatable bonds is 4. The molecule has 0 aromatic rings. The third-order valence-corrected chi connectivity index (χ3v) is 9.15. The van der Waals surface area contributed by atoms with E-state index in [0.29, 0.717) is 5.91 Å². The van der Waals surface area contributed by atoms with Crippen LogP contribution in [-0.2, 0) is 4.79 Å². The molecule has 2 bridgehead atoms. The first kappa shape index (κ1) is 16.3. The van der Waals surface area contributed by atoms with Crippen LogP contribution in [-0.4, -0.2) is 32.5 Å². The normalized spacial score (nSPS) is 39.3. The Morgan fingerprint density at radius 3 is 2.11 bits per heavy atom. The molecule has 110 valence electrons. The summed E-state index contributed by atoms with van der Waals surface area (Å²) < 4.78 is 0.243. The quantitative estimate of drug-likeness (QED) is 0.565. The topological polar surface area (TPSA) is 20.3 Å². The molecule has 0 spiro atoms. The SMILES string of the molecule is CCN(CC)C(=O)C12CCC(C(Br)Br)(C1Br)C2(C)C. The van der Waals surface area contributed by atoms with Crippen molar-refractivity contribution in [3.63, 3.8) is 0 Å². The van der Waals surface area contributed by atoms with Gasteiger partial charge < -0.3 is 4.90 Å². The average molecular weight is 460 g/mol. The van der Waals surface area contributed by atoms with Crippen molar-refractivity contribution in [2.75, 3.05) is 13.1 Å². The van der Waals surface area contributed by atoms with E-state index in [1.54, 1.807) is 0 Å². The zero-order valence-electron chi connectivity index (χ0n) is 12.0. The van der Waals surface area contributed by atoms with Crippen LogP contribution in [0.5, 0.6) is 0 Å². The van der Waals surface area contributed by atoms with E-state index in [1.807, 2.05) is 4.90 Å². The number of alkyl halides is 3. The van der Waals surface area contributed by atoms with E-state index in [4.69, 9.17) is 0 Å². The molecule has 3 atom stereocenters. The number of hydrogen-bond acceptors (Lipinski definition) is 1. The smallest absolute Gasteiger partial charge is 0.230 e. The van der Waals surface area contributed by atoms with Gasteiger partial charge in [0.05, 0.1) is 9.15 Å². The average Bonchev–Trinajstić information content (AvgIpc) is 2.80. The van der Waals surface area contributed by atoms with Crippen LogP contribution in [0.4, 0.5) is 0 Å². The molecule has 0 saturated heterocycles. The Labute approximate surface area is 141 Å². The van der Waals surface area contributed by atoms with E-state index in [0.717, 1.165) is 25.9 Å². The summed E-state index contributed by atoms with van der Waals surface area (Å²) in [5.41, 5.74) is -0.111. The second kappa shape index (κ2) is 4.98. The lowest BCUT2D eigenvalue weighted by atomic mass is 9.43. The molecule has 0 N–H and O–H groups in total. The second-order valence-electron chi connectivity index (χ2n) is 6.28. The first-order chi connectivity index (χ1) is 8.74. The molecule has 0 aromatic heterocycles. The number of halogens is 3. The second-order valence-corrected chi connectivity index (χ2v) is 10.3. The minimum Gasteiger partial charge on any atom is -0.343 e. The summed E-state index contributed by atoms with van der Waals surface area (Å²) >= 11 is 11.3. The van der Waals surface area contributed by atoms with Crippen molar-refractivity contribution in [2.45, 2.75) is 49.1 Å². The largest absolute Gasteiger partial charge is 0.343 e. The maximum atomic E-state index is 13.0. The standard InChI is InChI=1S/C14H22Br3NO/c1-5-18(6-2)11(19)14-8-7-13(9(14)15,10(16)17)12(14,3)4/h9-10H,5-8H2,1-4H3. The highest BCUT2D eigenvalue weighted by Gasteiger charge is 2.83. The highest BCUT2D eigenvalue weighted by atomic mass is 79.9. The summed E-state index contributed by atoms with van der Waals surface area (Å²) in [4.78, 5) is 15.3. The van der Waals surface area contributed by atoms with Crippen LogP contribution in [0.25, 0.3) is 0 Å². The van der Waals surface area contributed by atoms with Crippen molar-refractivity contribution in [2.24, 2.45) is 16.2 Å². The van der Waals surface area contributed by atoms with Crippen LogP contribution >= 0.6 is 47.8 Å². The van der Waals surface area contributed by atoms with Crippen LogP contribution in [0.1, 0.15) is 40.5 Å². The Balaban J connectivity index is 2.40. The van der Waals surface area contributed by atoms with Gasteiger partial charge in [0, 0.05) is 23.3 Å². The fourth-order valence-corrected chi connectivity index (χ4v) is 9.36. The van der Waals surface area contributed by atoms with Crippen molar-refractivity contribution < 1.29 is 4.79 Å². The minimum absolute atomic E-state index is 0.00546. The lowest BCUT2D eigenvalue weighted by Gasteiger charge is -2.66. The Morgan fingerprint density at radius 1 is 1.26 bits per heavy atom. The number of nitrogens with zero attached hydrogens (tertiary/aromatic N) is 1. The van der Waals surface area contributed by atoms with Gasteiger partial charge in [-0.3, -0.25) is 4.79 Å². The summed E-state index contributed by atoms with van der Waals surface area (Å²) in [7, 11) is 0. The van der Waals surface area contributed by atoms with Gasteiger partial charge in [0.15, 0.2) is 0 Å². The fraction of sp³-hybridized carbons (Fsp3) is 0.929. The Kier molecular flexibility index (Phi) is 4.27. The van der Waals surface area contributed by atoms with Gasteiger partial charge in [-0.1, -0.05) is 61.6 Å². The molecule has 3 rings (SSSR count). The number of carbonyl (C=O) groups is 1. The maximum Gasteiger partial charge on any atom is 0.230 e. The molecule has 3 fully saturated rings. The molecule has 19 heavy (non-hydrogen) atoms. The predicted molar refractivity (Wildman–Crippen MR) is 90.2 cm³/mol. The van der Waals surface area contributed by atoms with Gasteiger partial charge in [-0.05, 0) is 32.1 Å². The van der Waals surface area contributed by atoms with Crippen molar-refractivity contribution in [3.05, 3.63) is 0 Å². The number of amides is 1. The van der Waals surface area contributed by atoms with Gasteiger partial charge in [0.2, 0.25) is 5.91 Å². The number of hydrogen-bond donors (Lipinski definition) is 0. The molecular weight excluding hydrogens is 438 g/mol. The molecule has 3 saturated carbocycles. The van der Waals surface area contributed by atoms with E-state index in [1.165, 1.54) is 0 Å². The minimum atomic E-state index is -0.237. The Hall–Kier alpha value is 0.910. The van der Waals surface area contributed by atoms with Crippen LogP contribution in [0.15, 0.2) is 0 Å². The summed E-state index contributed by atoms with van der Waals surface area (Å²) in [5, 5.41) is 0. The van der Waals surface area contributed by atoms with Gasteiger partial charge in [-0.15, -0.1) is 0 Å². The van der Waals surface area contributed by atoms with Crippen LogP contribution < -0.4 is 0 Å². The van der Waals surface area contributed by atoms with Gasteiger partial charge in [-0.25, -0.2) is 0 Å². The molecule has 5 heteroatoms. The monoisotopic (exact) mass is 457 g/mol. The van der Waals surface area contributed by atoms with Gasteiger partial charge in [0.1, 0.15) is 0 Å². The highest BCUT2D eigenvalue weighted by molar-refractivity contribution is 9.24. The van der Waals surface area contributed by atoms with Crippen LogP contribution in [0, 0.1) is 16.2 Å². The van der Waals surface area contributed by atoms with Crippen LogP contribution in [0.3, 0.4) is 0 Å². The van der Waals surface area contributed by atoms with Crippen molar-refractivity contribution in [1.29, 1.82) is 0 Å². The van der Waals surface area contributed by atoms with E-state index in [9.17, 15) is 4.79 Å². The third kappa shape index (κ3) is 1.61. The predicted octanol–water partition coefficient (Wildman–Crippen LogP) is 4.54. The molecule has 0 aromatic carbocycles. The van der Waals surface area contributed by atoms with Gasteiger partial charge in [0.25, 0.3) is 0 Å². The fourth-order valence-electron chi connectivity index (χ4n) is 4.46. The summed E-state index contributed by atoms with van der Waals surface area (Å²) in [6, 6.07) is 0. The maximum absolute atomic E-state index is 13.0. The Bertz CT molecular complexity index is 394. The Morgan fingerprint density at radius 2 is 1.79 bits per heavy atom. The molecule has 0 radical (unpaired) electrons. The van der Waals surface area contributed by atoms with Gasteiger partial charge in [-0.2, -0.15) is 0 Å². The van der Waals surface area contributed by atoms with E-state index in [2.05, 4.69) is 75.5 Å². The third-order valence-electron chi connectivity index (χ3n) is 5.92. The zero-order chi connectivity index (χ0) is 14.6. The highest BCUT2D eigenvalue weighted by Crippen LogP contribution is 2.82. The first-order valence-electron chi connectivity index (χ1n) is 6.95. The summed E-state index contributed by atoms with van der Waals surface area (Å²) in [6.45, 7) is 10.2. The molecule has 3 aliphatic carbocycles. The lowest BCUT2D eigenvalue weighted by Crippen LogP contribution is -2.72. The molecule has 3 aliphatic rings. The molecule has 1 amide bonds. The molecule has 0 aliphatic heterocycles. The number of carbonyl (C=O) groups excluding carboxylic acids is 1. The molecule has 0 heterocycles. The van der Waals surface area contributed by atoms with Crippen LogP contribution in [0.2, 0.25) is 0 Å². The van der Waals surface area contributed by atoms with Gasteiger partial charge >= 0.3 is 0 Å². The van der Waals surface area contributed by atoms with E-state index in [-0.39, 0.29) is 24.8 Å². The van der Waals surface area contributed by atoms with Crippen molar-refractivity contribution >= 4 is 53.7 Å². The lowest BCUT2D eigenvalue weighted by molar-refractivity contribution is -0.172. The molecular formula is C14H22Br3NO. The summed E-state index contributed by atoms with van der Waals surface area (Å²) in [5.74, 6) is 0.332.